The normalized spacial score (nSPS) is 52.5. The lowest BCUT2D eigenvalue weighted by molar-refractivity contribution is -0.162. The Kier molecular flexibility index (Phi) is 1.50. The number of carbonyl (C=O) groups is 1. The van der Waals surface area contributed by atoms with Gasteiger partial charge in [0.15, 0.2) is 0 Å². The Morgan fingerprint density at radius 1 is 0.846 bits per heavy atom. The molecule has 0 N–H and O–H groups in total. The fourth-order valence-corrected chi connectivity index (χ4v) is 4.31. The van der Waals surface area contributed by atoms with Crippen LogP contribution in [0, 0.1) is 29.6 Å². The molecule has 0 atom stereocenters. The number of rotatable bonds is 1. The summed E-state index contributed by atoms with van der Waals surface area (Å²) in [6.07, 6.45) is 6.07. The van der Waals surface area contributed by atoms with Crippen LogP contribution in [0.4, 0.5) is 0 Å². The molecule has 4 rings (SSSR count). The van der Waals surface area contributed by atoms with Gasteiger partial charge in [0, 0.05) is 0 Å². The van der Waals surface area contributed by atoms with Crippen molar-refractivity contribution >= 4 is 5.97 Å². The molecule has 0 aromatic rings. The molecular weight excluding hydrogens is 164 g/mol. The molecule has 2 nitrogen and oxygen atoms in total. The monoisotopic (exact) mass is 179 g/mol. The van der Waals surface area contributed by atoms with Gasteiger partial charge in [-0.25, -0.2) is 9.90 Å². The van der Waals surface area contributed by atoms with Crippen molar-refractivity contribution in [1.29, 1.82) is 0 Å². The van der Waals surface area contributed by atoms with Crippen LogP contribution in [0.3, 0.4) is 0 Å². The van der Waals surface area contributed by atoms with Gasteiger partial charge in [-0.05, 0) is 55.8 Å². The summed E-state index contributed by atoms with van der Waals surface area (Å²) >= 11 is 0. The van der Waals surface area contributed by atoms with Gasteiger partial charge >= 0.3 is 5.97 Å². The first-order chi connectivity index (χ1) is 6.24. The fourth-order valence-electron chi connectivity index (χ4n) is 4.31. The Morgan fingerprint density at radius 3 is 1.69 bits per heavy atom. The van der Waals surface area contributed by atoms with Crippen LogP contribution in [0.2, 0.25) is 0 Å². The van der Waals surface area contributed by atoms with Crippen LogP contribution >= 0.6 is 0 Å². The molecule has 4 saturated carbocycles. The lowest BCUT2D eigenvalue weighted by Gasteiger charge is -2.52. The Morgan fingerprint density at radius 2 is 1.31 bits per heavy atom. The first-order valence-corrected chi connectivity index (χ1v) is 5.45. The zero-order chi connectivity index (χ0) is 9.00. The molecule has 71 valence electrons. The molecule has 1 radical (unpaired) electrons. The molecular formula is C11H15O2. The average molecular weight is 179 g/mol. The van der Waals surface area contributed by atoms with Crippen molar-refractivity contribution in [2.24, 2.45) is 29.6 Å². The highest BCUT2D eigenvalue weighted by Gasteiger charge is 2.51. The lowest BCUT2D eigenvalue weighted by Crippen LogP contribution is -2.47. The highest BCUT2D eigenvalue weighted by Crippen LogP contribution is 2.56. The second-order valence-corrected chi connectivity index (χ2v) is 5.28. The summed E-state index contributed by atoms with van der Waals surface area (Å²) in [6.45, 7) is 0. The molecule has 0 aromatic heterocycles. The topological polar surface area (TPSA) is 37.0 Å². The van der Waals surface area contributed by atoms with E-state index in [0.29, 0.717) is 11.8 Å². The molecule has 0 aromatic carbocycles. The molecule has 4 aliphatic carbocycles. The highest BCUT2D eigenvalue weighted by molar-refractivity contribution is 5.70. The van der Waals surface area contributed by atoms with Gasteiger partial charge < -0.3 is 0 Å². The van der Waals surface area contributed by atoms with Crippen molar-refractivity contribution in [1.82, 2.24) is 0 Å². The fraction of sp³-hybridized carbons (Fsp3) is 0.909. The summed E-state index contributed by atoms with van der Waals surface area (Å²) < 4.78 is 0. The van der Waals surface area contributed by atoms with Gasteiger partial charge in [-0.1, -0.05) is 0 Å². The number of hydrogen-bond acceptors (Lipinski definition) is 1. The lowest BCUT2D eigenvalue weighted by atomic mass is 9.52. The van der Waals surface area contributed by atoms with Gasteiger partial charge in [0.25, 0.3) is 0 Å². The van der Waals surface area contributed by atoms with Crippen molar-refractivity contribution in [2.45, 2.75) is 32.1 Å². The van der Waals surface area contributed by atoms with Gasteiger partial charge in [0.2, 0.25) is 0 Å². The van der Waals surface area contributed by atoms with E-state index in [1.807, 2.05) is 0 Å². The third-order valence-electron chi connectivity index (χ3n) is 4.50. The van der Waals surface area contributed by atoms with Gasteiger partial charge in [0.05, 0.1) is 5.92 Å². The van der Waals surface area contributed by atoms with Crippen molar-refractivity contribution in [3.63, 3.8) is 0 Å². The van der Waals surface area contributed by atoms with E-state index in [4.69, 9.17) is 0 Å². The van der Waals surface area contributed by atoms with Gasteiger partial charge in [-0.15, -0.1) is 0 Å². The largest absolute Gasteiger partial charge is 0.359 e. The Bertz CT molecular complexity index is 218. The molecule has 4 bridgehead atoms. The minimum Gasteiger partial charge on any atom is -0.247 e. The second-order valence-electron chi connectivity index (χ2n) is 5.28. The zero-order valence-electron chi connectivity index (χ0n) is 7.74. The summed E-state index contributed by atoms with van der Waals surface area (Å²) in [6, 6.07) is 0. The van der Waals surface area contributed by atoms with E-state index >= 15 is 0 Å². The quantitative estimate of drug-likeness (QED) is 0.606. The van der Waals surface area contributed by atoms with E-state index in [1.54, 1.807) is 0 Å². The standard InChI is InChI=1S/C11H15O2/c12-11(13)10-8-2-6-1-7(4-8)5-9(10)3-6/h6-10H,1-5H2. The summed E-state index contributed by atoms with van der Waals surface area (Å²) in [4.78, 5) is 11.0. The van der Waals surface area contributed by atoms with Crippen molar-refractivity contribution in [2.75, 3.05) is 0 Å². The minimum atomic E-state index is -0.770. The van der Waals surface area contributed by atoms with Crippen molar-refractivity contribution in [3.05, 3.63) is 0 Å². The van der Waals surface area contributed by atoms with Gasteiger partial charge in [0.1, 0.15) is 0 Å². The summed E-state index contributed by atoms with van der Waals surface area (Å²) in [5.74, 6) is 1.81. The van der Waals surface area contributed by atoms with Gasteiger partial charge in [-0.3, -0.25) is 0 Å². The van der Waals surface area contributed by atoms with Crippen LogP contribution in [-0.2, 0) is 9.90 Å². The Hall–Kier alpha value is -0.530. The van der Waals surface area contributed by atoms with Crippen molar-refractivity contribution in [3.8, 4) is 0 Å². The number of hydrogen-bond donors (Lipinski definition) is 0. The molecule has 4 fully saturated rings. The molecule has 0 heterocycles. The van der Waals surface area contributed by atoms with Crippen LogP contribution in [0.15, 0.2) is 0 Å². The molecule has 0 amide bonds. The third kappa shape index (κ3) is 1.04. The molecule has 13 heavy (non-hydrogen) atoms. The maximum atomic E-state index is 11.0. The Balaban J connectivity index is 1.89. The van der Waals surface area contributed by atoms with Crippen LogP contribution in [0.1, 0.15) is 32.1 Å². The molecule has 4 aliphatic rings. The molecule has 0 unspecified atom stereocenters. The van der Waals surface area contributed by atoms with E-state index < -0.39 is 5.97 Å². The second kappa shape index (κ2) is 2.49. The highest BCUT2D eigenvalue weighted by atomic mass is 16.4. The third-order valence-corrected chi connectivity index (χ3v) is 4.50. The molecule has 0 aliphatic heterocycles. The van der Waals surface area contributed by atoms with E-state index in [1.165, 1.54) is 32.1 Å². The molecule has 0 spiro atoms. The van der Waals surface area contributed by atoms with E-state index in [2.05, 4.69) is 0 Å². The summed E-state index contributed by atoms with van der Waals surface area (Å²) in [5.41, 5.74) is 0. The average Bonchev–Trinajstić information content (AvgIpc) is 2.00. The maximum absolute atomic E-state index is 11.0. The van der Waals surface area contributed by atoms with Crippen molar-refractivity contribution < 1.29 is 9.90 Å². The predicted octanol–water partition coefficient (Wildman–Crippen LogP) is 2.02. The van der Waals surface area contributed by atoms with E-state index in [-0.39, 0.29) is 5.92 Å². The maximum Gasteiger partial charge on any atom is 0.359 e. The molecule has 0 saturated heterocycles. The van der Waals surface area contributed by atoms with E-state index in [0.717, 1.165) is 11.8 Å². The van der Waals surface area contributed by atoms with E-state index in [9.17, 15) is 9.90 Å². The minimum absolute atomic E-state index is 0.0900. The van der Waals surface area contributed by atoms with Crippen LogP contribution < -0.4 is 0 Å². The Labute approximate surface area is 78.3 Å². The summed E-state index contributed by atoms with van der Waals surface area (Å²) in [7, 11) is 0. The van der Waals surface area contributed by atoms with Crippen LogP contribution in [0.25, 0.3) is 0 Å². The first kappa shape index (κ1) is 7.84. The summed E-state index contributed by atoms with van der Waals surface area (Å²) in [5, 5.41) is 11.0. The van der Waals surface area contributed by atoms with Gasteiger partial charge in [-0.2, -0.15) is 0 Å². The zero-order valence-corrected chi connectivity index (χ0v) is 7.74. The molecule has 2 heteroatoms. The van der Waals surface area contributed by atoms with Crippen LogP contribution in [0.5, 0.6) is 0 Å². The first-order valence-electron chi connectivity index (χ1n) is 5.45. The number of carbonyl (C=O) groups excluding carboxylic acids is 1. The SMILES string of the molecule is [O]C(=O)C1C2CC3CC(C2)CC1C3. The van der Waals surface area contributed by atoms with Crippen LogP contribution in [-0.4, -0.2) is 5.97 Å². The predicted molar refractivity (Wildman–Crippen MR) is 46.2 cm³/mol. The smallest absolute Gasteiger partial charge is 0.247 e.